The second kappa shape index (κ2) is 52.7. The molecule has 0 aliphatic carbocycles. The Morgan fingerprint density at radius 3 is 0.935 bits per heavy atom. The highest BCUT2D eigenvalue weighted by Gasteiger charge is 2.26. The Bertz CT molecular complexity index is 879. The van der Waals surface area contributed by atoms with E-state index in [1.54, 1.807) is 0 Å². The van der Waals surface area contributed by atoms with Crippen molar-refractivity contribution >= 4 is 5.91 Å². The van der Waals surface area contributed by atoms with Crippen molar-refractivity contribution in [3.63, 3.8) is 0 Å². The predicted molar refractivity (Wildman–Crippen MR) is 273 cm³/mol. The number of aliphatic hydroxyl groups excluding tert-OH is 3. The van der Waals surface area contributed by atoms with Crippen molar-refractivity contribution in [2.45, 2.75) is 340 Å². The molecule has 0 bridgehead atoms. The van der Waals surface area contributed by atoms with Gasteiger partial charge in [0, 0.05) is 6.42 Å². The summed E-state index contributed by atoms with van der Waals surface area (Å²) in [5.41, 5.74) is 0. The van der Waals surface area contributed by atoms with Crippen molar-refractivity contribution in [2.75, 3.05) is 6.61 Å². The molecule has 0 aromatic carbocycles. The molecule has 370 valence electrons. The average molecular weight is 877 g/mol. The maximum absolute atomic E-state index is 12.4. The van der Waals surface area contributed by atoms with Crippen molar-refractivity contribution in [1.29, 1.82) is 0 Å². The fourth-order valence-corrected chi connectivity index (χ4v) is 9.23. The van der Waals surface area contributed by atoms with Gasteiger partial charge in [0.25, 0.3) is 0 Å². The maximum atomic E-state index is 12.4. The molecular weight excluding hydrogens is 763 g/mol. The number of carbonyl (C=O) groups excluding carboxylic acids is 1. The predicted octanol–water partition coefficient (Wildman–Crippen LogP) is 17.5. The summed E-state index contributed by atoms with van der Waals surface area (Å²) < 4.78 is 0. The lowest BCUT2D eigenvalue weighted by Crippen LogP contribution is -2.50. The van der Waals surface area contributed by atoms with E-state index < -0.39 is 18.2 Å². The minimum Gasteiger partial charge on any atom is -0.394 e. The third-order valence-corrected chi connectivity index (χ3v) is 13.6. The second-order valence-corrected chi connectivity index (χ2v) is 19.9. The van der Waals surface area contributed by atoms with Crippen molar-refractivity contribution in [1.82, 2.24) is 5.32 Å². The van der Waals surface area contributed by atoms with Crippen LogP contribution in [0.4, 0.5) is 0 Å². The monoisotopic (exact) mass is 876 g/mol. The third kappa shape index (κ3) is 47.1. The van der Waals surface area contributed by atoms with Gasteiger partial charge >= 0.3 is 0 Å². The van der Waals surface area contributed by atoms with Gasteiger partial charge in [-0.3, -0.25) is 4.79 Å². The first-order valence-corrected chi connectivity index (χ1v) is 28.5. The zero-order valence-electron chi connectivity index (χ0n) is 42.3. The maximum Gasteiger partial charge on any atom is 0.220 e. The first-order valence-electron chi connectivity index (χ1n) is 28.5. The molecule has 0 saturated carbocycles. The van der Waals surface area contributed by atoms with Gasteiger partial charge in [-0.25, -0.2) is 0 Å². The van der Waals surface area contributed by atoms with Crippen LogP contribution in [0.1, 0.15) is 322 Å². The highest BCUT2D eigenvalue weighted by molar-refractivity contribution is 5.76. The quantitative estimate of drug-likeness (QED) is 0.0362. The topological polar surface area (TPSA) is 89.8 Å². The van der Waals surface area contributed by atoms with Gasteiger partial charge in [0.15, 0.2) is 0 Å². The second-order valence-electron chi connectivity index (χ2n) is 19.9. The van der Waals surface area contributed by atoms with E-state index in [1.165, 1.54) is 257 Å². The van der Waals surface area contributed by atoms with E-state index in [1.807, 2.05) is 0 Å². The largest absolute Gasteiger partial charge is 0.394 e. The van der Waals surface area contributed by atoms with Gasteiger partial charge in [0.2, 0.25) is 5.91 Å². The Morgan fingerprint density at radius 1 is 0.387 bits per heavy atom. The lowest BCUT2D eigenvalue weighted by Gasteiger charge is -2.26. The minimum atomic E-state index is -1.15. The van der Waals surface area contributed by atoms with Crippen LogP contribution in [0.15, 0.2) is 12.2 Å². The number of unbranched alkanes of at least 4 members (excludes halogenated alkanes) is 43. The molecule has 4 N–H and O–H groups in total. The van der Waals surface area contributed by atoms with Gasteiger partial charge in [-0.1, -0.05) is 289 Å². The molecule has 5 nitrogen and oxygen atoms in total. The smallest absolute Gasteiger partial charge is 0.220 e. The van der Waals surface area contributed by atoms with E-state index in [9.17, 15) is 20.1 Å². The Balaban J connectivity index is 3.35. The summed E-state index contributed by atoms with van der Waals surface area (Å²) >= 11 is 0. The molecule has 0 heterocycles. The first kappa shape index (κ1) is 61.1. The minimum absolute atomic E-state index is 0.150. The van der Waals surface area contributed by atoms with Crippen LogP contribution in [-0.2, 0) is 4.79 Å². The van der Waals surface area contributed by atoms with Crippen LogP contribution in [-0.4, -0.2) is 46.1 Å². The fraction of sp³-hybridized carbons (Fsp3) is 0.947. The van der Waals surface area contributed by atoms with E-state index in [2.05, 4.69) is 31.3 Å². The van der Waals surface area contributed by atoms with Crippen molar-refractivity contribution in [3.05, 3.63) is 12.2 Å². The van der Waals surface area contributed by atoms with Gasteiger partial charge in [0.1, 0.15) is 6.10 Å². The Hall–Kier alpha value is -0.910. The third-order valence-electron chi connectivity index (χ3n) is 13.6. The van der Waals surface area contributed by atoms with Crippen LogP contribution in [0, 0.1) is 0 Å². The lowest BCUT2D eigenvalue weighted by molar-refractivity contribution is -0.124. The molecule has 3 atom stereocenters. The summed E-state index contributed by atoms with van der Waals surface area (Å²) in [5, 5.41) is 33.4. The summed E-state index contributed by atoms with van der Waals surface area (Å²) in [7, 11) is 0. The van der Waals surface area contributed by atoms with E-state index in [0.29, 0.717) is 12.8 Å². The molecule has 0 aromatic heterocycles. The Morgan fingerprint density at radius 2 is 0.645 bits per heavy atom. The molecular formula is C57H113NO4. The summed E-state index contributed by atoms with van der Waals surface area (Å²) in [6.45, 7) is 4.15. The SMILES string of the molecule is CCCCCC/C=C/CCCC(O)C(O)C(CO)NC(=O)CCCCCCCCCCCCCCCCCCCCCCCCCCCCCCCCCCCCCCCCC. The van der Waals surface area contributed by atoms with Crippen molar-refractivity contribution in [3.8, 4) is 0 Å². The summed E-state index contributed by atoms with van der Waals surface area (Å²) in [5.74, 6) is -0.150. The van der Waals surface area contributed by atoms with Crippen LogP contribution >= 0.6 is 0 Å². The molecule has 0 radical (unpaired) electrons. The summed E-state index contributed by atoms with van der Waals surface area (Å²) in [6, 6.07) is -0.820. The first-order chi connectivity index (χ1) is 30.6. The van der Waals surface area contributed by atoms with Crippen LogP contribution in [0.25, 0.3) is 0 Å². The van der Waals surface area contributed by atoms with Gasteiger partial charge in [0.05, 0.1) is 18.8 Å². The van der Waals surface area contributed by atoms with Gasteiger partial charge in [-0.2, -0.15) is 0 Å². The highest BCUT2D eigenvalue weighted by Crippen LogP contribution is 2.18. The van der Waals surface area contributed by atoms with Crippen LogP contribution in [0.3, 0.4) is 0 Å². The van der Waals surface area contributed by atoms with Crippen LogP contribution in [0.5, 0.6) is 0 Å². The lowest BCUT2D eigenvalue weighted by atomic mass is 10.0. The number of carbonyl (C=O) groups is 1. The molecule has 0 saturated heterocycles. The number of nitrogens with one attached hydrogen (secondary N) is 1. The zero-order valence-corrected chi connectivity index (χ0v) is 42.3. The molecule has 3 unspecified atom stereocenters. The molecule has 0 rings (SSSR count). The highest BCUT2D eigenvalue weighted by atomic mass is 16.3. The van der Waals surface area contributed by atoms with Gasteiger partial charge < -0.3 is 20.6 Å². The van der Waals surface area contributed by atoms with Crippen molar-refractivity contribution < 1.29 is 20.1 Å². The average Bonchev–Trinajstić information content (AvgIpc) is 3.28. The van der Waals surface area contributed by atoms with E-state index in [0.717, 1.165) is 38.5 Å². The standard InChI is InChI=1S/C57H113NO4/c1-3-5-7-9-11-13-14-15-16-17-18-19-20-21-22-23-24-25-26-27-28-29-30-31-32-33-34-35-36-37-38-39-40-41-42-44-46-48-50-52-56(61)58-54(53-59)57(62)55(60)51-49-47-45-43-12-10-8-6-4-2/h43,45,54-55,57,59-60,62H,3-42,44,46-53H2,1-2H3,(H,58,61)/b45-43+. The van der Waals surface area contributed by atoms with Crippen LogP contribution < -0.4 is 5.32 Å². The molecule has 0 aromatic rings. The number of hydrogen-bond donors (Lipinski definition) is 4. The fourth-order valence-electron chi connectivity index (χ4n) is 9.23. The molecule has 0 fully saturated rings. The normalized spacial score (nSPS) is 13.3. The number of aliphatic hydroxyl groups is 3. The number of rotatable bonds is 53. The summed E-state index contributed by atoms with van der Waals surface area (Å²) in [6.07, 6.45) is 65.6. The molecule has 0 aliphatic rings. The van der Waals surface area contributed by atoms with E-state index in [-0.39, 0.29) is 12.5 Å². The number of hydrogen-bond acceptors (Lipinski definition) is 4. The van der Waals surface area contributed by atoms with Crippen LogP contribution in [0.2, 0.25) is 0 Å². The number of amides is 1. The molecule has 62 heavy (non-hydrogen) atoms. The Kier molecular flexibility index (Phi) is 51.9. The summed E-state index contributed by atoms with van der Waals surface area (Å²) in [4.78, 5) is 12.4. The van der Waals surface area contributed by atoms with Gasteiger partial charge in [-0.15, -0.1) is 0 Å². The van der Waals surface area contributed by atoms with E-state index >= 15 is 0 Å². The molecule has 5 heteroatoms. The van der Waals surface area contributed by atoms with Crippen molar-refractivity contribution in [2.24, 2.45) is 0 Å². The molecule has 1 amide bonds. The van der Waals surface area contributed by atoms with E-state index in [4.69, 9.17) is 0 Å². The Labute approximate surface area is 389 Å². The number of allylic oxidation sites excluding steroid dienone is 2. The van der Waals surface area contributed by atoms with Gasteiger partial charge in [-0.05, 0) is 38.5 Å². The zero-order chi connectivity index (χ0) is 45.1. The molecule has 0 aliphatic heterocycles. The molecule has 0 spiro atoms.